The van der Waals surface area contributed by atoms with Crippen molar-refractivity contribution in [3.8, 4) is 11.1 Å². The molecule has 0 saturated heterocycles. The van der Waals surface area contributed by atoms with Gasteiger partial charge in [0, 0.05) is 34.1 Å². The van der Waals surface area contributed by atoms with E-state index in [0.717, 1.165) is 12.8 Å². The van der Waals surface area contributed by atoms with Crippen molar-refractivity contribution in [1.82, 2.24) is 0 Å². The Hall–Kier alpha value is -5.02. The van der Waals surface area contributed by atoms with E-state index in [0.29, 0.717) is 0 Å². The predicted octanol–water partition coefficient (Wildman–Crippen LogP) is 16.5. The van der Waals surface area contributed by atoms with E-state index in [1.807, 2.05) is 0 Å². The Morgan fingerprint density at radius 1 is 0.377 bits per heavy atom. The summed E-state index contributed by atoms with van der Waals surface area (Å²) in [5.41, 5.74) is 26.2. The highest BCUT2D eigenvalue weighted by Crippen LogP contribution is 2.61. The van der Waals surface area contributed by atoms with Gasteiger partial charge in [-0.1, -0.05) is 193 Å². The Morgan fingerprint density at radius 2 is 0.710 bits per heavy atom. The molecule has 2 aliphatic heterocycles. The normalized spacial score (nSPS) is 18.4. The second-order valence-electron chi connectivity index (χ2n) is 28.7. The molecule has 2 nitrogen and oxygen atoms in total. The summed E-state index contributed by atoms with van der Waals surface area (Å²) in [5.74, 6) is 0. The van der Waals surface area contributed by atoms with Gasteiger partial charge >= 0.3 is 0 Å². The van der Waals surface area contributed by atoms with E-state index in [9.17, 15) is 0 Å². The van der Waals surface area contributed by atoms with Gasteiger partial charge < -0.3 is 9.80 Å². The van der Waals surface area contributed by atoms with Gasteiger partial charge in [-0.2, -0.15) is 0 Å². The highest BCUT2D eigenvalue weighted by molar-refractivity contribution is 7.00. The van der Waals surface area contributed by atoms with Gasteiger partial charge in [0.05, 0.1) is 0 Å². The fraction of sp³-hybridized carbons (Fsp3) is 0.455. The molecule has 6 aromatic rings. The van der Waals surface area contributed by atoms with Crippen molar-refractivity contribution < 1.29 is 0 Å². The van der Waals surface area contributed by atoms with Crippen LogP contribution in [0.4, 0.5) is 34.1 Å². The number of nitrogens with zero attached hydrogens (tertiary/aromatic N) is 2. The molecule has 358 valence electrons. The molecule has 3 heteroatoms. The molecule has 0 unspecified atom stereocenters. The molecule has 6 aromatic carbocycles. The summed E-state index contributed by atoms with van der Waals surface area (Å²) in [7, 11) is 0. The summed E-state index contributed by atoms with van der Waals surface area (Å²) in [6.07, 6.45) is 2.24. The largest absolute Gasteiger partial charge is 0.311 e. The Balaban J connectivity index is 1.40. The van der Waals surface area contributed by atoms with E-state index in [-0.39, 0.29) is 50.0 Å². The first-order chi connectivity index (χ1) is 31.7. The molecule has 0 amide bonds. The van der Waals surface area contributed by atoms with Crippen molar-refractivity contribution in [3.05, 3.63) is 148 Å². The number of benzene rings is 6. The zero-order valence-electron chi connectivity index (χ0n) is 46.2. The fourth-order valence-corrected chi connectivity index (χ4v) is 13.9. The van der Waals surface area contributed by atoms with Gasteiger partial charge in [0.1, 0.15) is 0 Å². The molecule has 2 heterocycles. The predicted molar refractivity (Wildman–Crippen MR) is 302 cm³/mol. The molecule has 0 fully saturated rings. The van der Waals surface area contributed by atoms with Crippen LogP contribution < -0.4 is 26.2 Å². The van der Waals surface area contributed by atoms with E-state index >= 15 is 0 Å². The van der Waals surface area contributed by atoms with Crippen LogP contribution in [-0.2, 0) is 43.3 Å². The third-order valence-electron chi connectivity index (χ3n) is 17.0. The van der Waals surface area contributed by atoms with Gasteiger partial charge in [0.15, 0.2) is 0 Å². The molecule has 0 atom stereocenters. The van der Waals surface area contributed by atoms with Crippen molar-refractivity contribution in [1.29, 1.82) is 0 Å². The van der Waals surface area contributed by atoms with Crippen LogP contribution in [0, 0.1) is 0 Å². The van der Waals surface area contributed by atoms with Gasteiger partial charge in [-0.15, -0.1) is 0 Å². The molecule has 2 aliphatic carbocycles. The fourth-order valence-electron chi connectivity index (χ4n) is 13.9. The Labute approximate surface area is 418 Å². The van der Waals surface area contributed by atoms with Crippen LogP contribution >= 0.6 is 0 Å². The number of rotatable bonds is 3. The van der Waals surface area contributed by atoms with Crippen LogP contribution in [0.1, 0.15) is 196 Å². The maximum absolute atomic E-state index is 2.68. The summed E-state index contributed by atoms with van der Waals surface area (Å²) in [6, 6.07) is 42.0. The number of hydrogen-bond donors (Lipinski definition) is 0. The molecule has 0 radical (unpaired) electrons. The third-order valence-corrected chi connectivity index (χ3v) is 17.0. The van der Waals surface area contributed by atoms with Crippen molar-refractivity contribution in [2.75, 3.05) is 9.80 Å². The van der Waals surface area contributed by atoms with E-state index < -0.39 is 0 Å². The molecule has 0 saturated carbocycles. The zero-order valence-corrected chi connectivity index (χ0v) is 46.2. The maximum Gasteiger partial charge on any atom is 0.252 e. The minimum Gasteiger partial charge on any atom is -0.311 e. The van der Waals surface area contributed by atoms with Gasteiger partial charge in [0.2, 0.25) is 0 Å². The monoisotopic (exact) mass is 913 g/mol. The van der Waals surface area contributed by atoms with Crippen molar-refractivity contribution in [2.24, 2.45) is 0 Å². The Morgan fingerprint density at radius 3 is 1.04 bits per heavy atom. The lowest BCUT2D eigenvalue weighted by molar-refractivity contribution is 0.396. The number of hydrogen-bond acceptors (Lipinski definition) is 2. The van der Waals surface area contributed by atoms with E-state index in [4.69, 9.17) is 0 Å². The quantitative estimate of drug-likeness (QED) is 0.163. The van der Waals surface area contributed by atoms with E-state index in [1.165, 1.54) is 83.9 Å². The zero-order chi connectivity index (χ0) is 50.1. The van der Waals surface area contributed by atoms with E-state index in [2.05, 4.69) is 251 Å². The Kier molecular flexibility index (Phi) is 10.2. The van der Waals surface area contributed by atoms with Crippen LogP contribution in [0.15, 0.2) is 103 Å². The van der Waals surface area contributed by atoms with Crippen molar-refractivity contribution in [3.63, 3.8) is 0 Å². The lowest BCUT2D eigenvalue weighted by Crippen LogP contribution is -2.61. The summed E-state index contributed by atoms with van der Waals surface area (Å²) in [4.78, 5) is 5.31. The number of anilines is 6. The van der Waals surface area contributed by atoms with Crippen LogP contribution in [0.25, 0.3) is 11.1 Å². The lowest BCUT2D eigenvalue weighted by Gasteiger charge is -2.45. The highest BCUT2D eigenvalue weighted by atomic mass is 15.2. The van der Waals surface area contributed by atoms with Crippen LogP contribution in [0.5, 0.6) is 0 Å². The summed E-state index contributed by atoms with van der Waals surface area (Å²) in [5, 5.41) is 0. The molecule has 0 spiro atoms. The first-order valence-corrected chi connectivity index (χ1v) is 26.2. The second-order valence-corrected chi connectivity index (χ2v) is 28.7. The van der Waals surface area contributed by atoms with Crippen LogP contribution in [0.2, 0.25) is 0 Å². The van der Waals surface area contributed by atoms with E-state index in [1.54, 1.807) is 22.3 Å². The SMILES string of the molecule is CC(C)(C)c1ccc(N2c3ccc(C(C)(C)C)cc3B3c4cc(C(C)(C)C)ccc4N(c4ccc(C(C)(C)C)cc4)c4cc(-c5c6c(cc7c5C(C)(C)CC7(C)C)C(C)(C)CC6(C)C)cc2c43)cc1. The van der Waals surface area contributed by atoms with Crippen molar-refractivity contribution in [2.45, 2.75) is 195 Å². The molecule has 0 N–H and O–H groups in total. The molecular weight excluding hydrogens is 832 g/mol. The van der Waals surface area contributed by atoms with Crippen LogP contribution in [-0.4, -0.2) is 6.71 Å². The molecular formula is C66H81BN2. The summed E-state index contributed by atoms with van der Waals surface area (Å²) >= 11 is 0. The highest BCUT2D eigenvalue weighted by Gasteiger charge is 2.52. The lowest BCUT2D eigenvalue weighted by atomic mass is 9.33. The second kappa shape index (κ2) is 14.8. The Bertz CT molecular complexity index is 2870. The molecule has 0 bridgehead atoms. The van der Waals surface area contributed by atoms with Gasteiger partial charge in [-0.25, -0.2) is 0 Å². The summed E-state index contributed by atoms with van der Waals surface area (Å²) < 4.78 is 0. The topological polar surface area (TPSA) is 6.48 Å². The first-order valence-electron chi connectivity index (χ1n) is 26.2. The van der Waals surface area contributed by atoms with Crippen LogP contribution in [0.3, 0.4) is 0 Å². The molecule has 0 aromatic heterocycles. The standard InChI is InChI=1S/C66H81BN2/c1-59(2,3)41-21-27-45(28-22-41)68-51-31-25-43(61(7,8)9)35-49(51)67-50-36-44(62(10,11)12)26-32-52(50)69(46-29-23-42(24-30-46)60(4,5)6)54-34-40(33-53(68)58(54)67)55-56-47(63(13,14)38-65(56,17)18)37-48-57(55)66(19,20)39-64(48,15)16/h21-37H,38-39H2,1-20H3. The van der Waals surface area contributed by atoms with Gasteiger partial charge in [-0.3, -0.25) is 0 Å². The third kappa shape index (κ3) is 7.48. The maximum atomic E-state index is 2.68. The summed E-state index contributed by atoms with van der Waals surface area (Å²) in [6.45, 7) is 48.3. The molecule has 4 aliphatic rings. The smallest absolute Gasteiger partial charge is 0.252 e. The minimum atomic E-state index is -0.0258. The first kappa shape index (κ1) is 47.7. The average Bonchev–Trinajstić information content (AvgIpc) is 3.55. The molecule has 69 heavy (non-hydrogen) atoms. The van der Waals surface area contributed by atoms with Gasteiger partial charge in [-0.05, 0) is 177 Å². The molecule has 10 rings (SSSR count). The number of fused-ring (bicyclic) bond motifs is 6. The average molecular weight is 913 g/mol. The van der Waals surface area contributed by atoms with Crippen molar-refractivity contribution >= 4 is 57.2 Å². The minimum absolute atomic E-state index is 0.0153. The van der Waals surface area contributed by atoms with Gasteiger partial charge in [0.25, 0.3) is 6.71 Å².